The molecule has 4 aliphatic carbocycles. The summed E-state index contributed by atoms with van der Waals surface area (Å²) >= 11 is 0. The minimum absolute atomic E-state index is 0.0377. The Morgan fingerprint density at radius 1 is 0.955 bits per heavy atom. The summed E-state index contributed by atoms with van der Waals surface area (Å²) in [5, 5.41) is 22.1. The fraction of sp³-hybridized carbons (Fsp3) is 1.00. The second-order valence-electron chi connectivity index (χ2n) is 10.3. The molecule has 0 amide bonds. The molecule has 0 saturated heterocycles. The van der Waals surface area contributed by atoms with Gasteiger partial charge in [-0.25, -0.2) is 0 Å². The van der Waals surface area contributed by atoms with Crippen LogP contribution in [0.15, 0.2) is 0 Å². The van der Waals surface area contributed by atoms with Crippen molar-refractivity contribution in [2.45, 2.75) is 84.8 Å². The van der Waals surface area contributed by atoms with Crippen LogP contribution in [-0.4, -0.2) is 21.9 Å². The lowest BCUT2D eigenvalue weighted by molar-refractivity contribution is -0.190. The second-order valence-corrected chi connectivity index (χ2v) is 10.3. The van der Waals surface area contributed by atoms with Gasteiger partial charge in [-0.15, -0.1) is 0 Å². The van der Waals surface area contributed by atoms with Crippen molar-refractivity contribution >= 4 is 0 Å². The molecule has 2 N–H and O–H groups in total. The van der Waals surface area contributed by atoms with Gasteiger partial charge < -0.3 is 10.2 Å². The Balaban J connectivity index is 1.80. The monoisotopic (exact) mass is 306 g/mol. The summed E-state index contributed by atoms with van der Waals surface area (Å²) in [5.74, 6) is 2.56. The first kappa shape index (κ1) is 15.4. The molecule has 0 aromatic rings. The van der Waals surface area contributed by atoms with Gasteiger partial charge in [0, 0.05) is 0 Å². The van der Waals surface area contributed by atoms with Crippen LogP contribution in [0.3, 0.4) is 0 Å². The highest BCUT2D eigenvalue weighted by Crippen LogP contribution is 2.83. The fourth-order valence-corrected chi connectivity index (χ4v) is 8.00. The van der Waals surface area contributed by atoms with E-state index in [1.807, 2.05) is 0 Å². The molecule has 0 aromatic carbocycles. The highest BCUT2D eigenvalue weighted by Gasteiger charge is 2.80. The summed E-state index contributed by atoms with van der Waals surface area (Å²) in [7, 11) is 0. The van der Waals surface area contributed by atoms with Crippen LogP contribution < -0.4 is 0 Å². The van der Waals surface area contributed by atoms with Gasteiger partial charge in [0.25, 0.3) is 0 Å². The smallest absolute Gasteiger partial charge is 0.0653 e. The van der Waals surface area contributed by atoms with Gasteiger partial charge in [0.05, 0.1) is 11.7 Å². The lowest BCUT2D eigenvalue weighted by Crippen LogP contribution is -2.60. The molecule has 0 radical (unpaired) electrons. The molecule has 4 fully saturated rings. The van der Waals surface area contributed by atoms with Gasteiger partial charge in [0.15, 0.2) is 0 Å². The van der Waals surface area contributed by atoms with E-state index >= 15 is 0 Å². The first-order chi connectivity index (χ1) is 10.1. The minimum Gasteiger partial charge on any atom is -0.393 e. The molecule has 0 heterocycles. The zero-order valence-corrected chi connectivity index (χ0v) is 15.0. The van der Waals surface area contributed by atoms with Crippen molar-refractivity contribution in [3.05, 3.63) is 0 Å². The van der Waals surface area contributed by atoms with Crippen molar-refractivity contribution < 1.29 is 10.2 Å². The Morgan fingerprint density at radius 2 is 1.64 bits per heavy atom. The average Bonchev–Trinajstić information content (AvgIpc) is 3.08. The molecule has 4 saturated carbocycles. The maximum absolute atomic E-state index is 11.2. The van der Waals surface area contributed by atoms with Gasteiger partial charge in [-0.1, -0.05) is 27.7 Å². The Bertz CT molecular complexity index is 498. The summed E-state index contributed by atoms with van der Waals surface area (Å²) in [6, 6.07) is 0. The molecule has 126 valence electrons. The molecular formula is C20H34O2. The Morgan fingerprint density at radius 3 is 2.27 bits per heavy atom. The van der Waals surface area contributed by atoms with Crippen LogP contribution in [0.1, 0.15) is 73.1 Å². The number of aliphatic hydroxyl groups excluding tert-OH is 1. The van der Waals surface area contributed by atoms with Gasteiger partial charge in [0.1, 0.15) is 0 Å². The molecule has 2 heteroatoms. The van der Waals surface area contributed by atoms with E-state index in [-0.39, 0.29) is 22.3 Å². The maximum atomic E-state index is 11.2. The normalized spacial score (nSPS) is 63.3. The molecule has 2 nitrogen and oxygen atoms in total. The molecule has 0 unspecified atom stereocenters. The molecule has 0 bridgehead atoms. The van der Waals surface area contributed by atoms with E-state index in [0.717, 1.165) is 31.6 Å². The minimum atomic E-state index is -0.507. The number of fused-ring (bicyclic) bond motifs is 1. The number of aliphatic hydroxyl groups is 2. The van der Waals surface area contributed by atoms with Gasteiger partial charge in [-0.3, -0.25) is 0 Å². The van der Waals surface area contributed by atoms with Crippen molar-refractivity contribution in [3.8, 4) is 0 Å². The van der Waals surface area contributed by atoms with Crippen molar-refractivity contribution in [1.82, 2.24) is 0 Å². The molecule has 4 rings (SSSR count). The molecule has 0 aliphatic heterocycles. The van der Waals surface area contributed by atoms with E-state index in [1.165, 1.54) is 12.8 Å². The summed E-state index contributed by atoms with van der Waals surface area (Å²) < 4.78 is 0. The fourth-order valence-electron chi connectivity index (χ4n) is 8.00. The Hall–Kier alpha value is -0.0800. The first-order valence-electron chi connectivity index (χ1n) is 9.50. The predicted molar refractivity (Wildman–Crippen MR) is 88.3 cm³/mol. The average molecular weight is 306 g/mol. The molecule has 8 atom stereocenters. The quantitative estimate of drug-likeness (QED) is 0.769. The SMILES string of the molecule is CC(C)[C@H]1CC[C@@H]2[C@]1(C)C[C@H](O)[C@@]1(C)CC[C@](C)(O)[C@@H]3C[C@@]231. The van der Waals surface area contributed by atoms with E-state index in [4.69, 9.17) is 0 Å². The van der Waals surface area contributed by atoms with Crippen LogP contribution in [0.2, 0.25) is 0 Å². The van der Waals surface area contributed by atoms with E-state index in [2.05, 4.69) is 34.6 Å². The van der Waals surface area contributed by atoms with Gasteiger partial charge in [-0.2, -0.15) is 0 Å². The standard InChI is InChI=1S/C20H34O2/c1-12(2)13-6-7-14-17(13,3)11-16(21)18(4)8-9-19(5,22)15-10-20(14,15)18/h12-16,21-22H,6-11H2,1-5H3/t13-,14-,15+,16+,17-,18-,19+,20-/m1/s1. The molecule has 1 spiro atoms. The number of hydrogen-bond donors (Lipinski definition) is 2. The van der Waals surface area contributed by atoms with E-state index in [0.29, 0.717) is 17.8 Å². The molecule has 0 aromatic heterocycles. The van der Waals surface area contributed by atoms with E-state index < -0.39 is 5.60 Å². The third kappa shape index (κ3) is 1.50. The van der Waals surface area contributed by atoms with Crippen LogP contribution >= 0.6 is 0 Å². The topological polar surface area (TPSA) is 40.5 Å². The van der Waals surface area contributed by atoms with Crippen LogP contribution in [-0.2, 0) is 0 Å². The van der Waals surface area contributed by atoms with Gasteiger partial charge in [0.2, 0.25) is 0 Å². The van der Waals surface area contributed by atoms with Gasteiger partial charge in [-0.05, 0) is 85.4 Å². The summed E-state index contributed by atoms with van der Waals surface area (Å²) in [6.45, 7) is 11.6. The lowest BCUT2D eigenvalue weighted by Gasteiger charge is -2.61. The predicted octanol–water partition coefficient (Wildman–Crippen LogP) is 4.00. The largest absolute Gasteiger partial charge is 0.393 e. The van der Waals surface area contributed by atoms with Crippen molar-refractivity contribution in [2.75, 3.05) is 0 Å². The van der Waals surface area contributed by atoms with Crippen LogP contribution in [0.25, 0.3) is 0 Å². The summed E-state index contributed by atoms with van der Waals surface area (Å²) in [6.07, 6.45) is 6.44. The molecule has 22 heavy (non-hydrogen) atoms. The van der Waals surface area contributed by atoms with E-state index in [9.17, 15) is 10.2 Å². The summed E-state index contributed by atoms with van der Waals surface area (Å²) in [4.78, 5) is 0. The van der Waals surface area contributed by atoms with Crippen molar-refractivity contribution in [3.63, 3.8) is 0 Å². The lowest BCUT2D eigenvalue weighted by atomic mass is 9.45. The highest BCUT2D eigenvalue weighted by molar-refractivity contribution is 5.29. The molecule has 4 aliphatic rings. The number of hydrogen-bond acceptors (Lipinski definition) is 2. The van der Waals surface area contributed by atoms with Crippen LogP contribution in [0, 0.1) is 39.9 Å². The summed E-state index contributed by atoms with van der Waals surface area (Å²) in [5.41, 5.74) is 0.0173. The van der Waals surface area contributed by atoms with Crippen LogP contribution in [0.5, 0.6) is 0 Å². The number of rotatable bonds is 1. The third-order valence-electron chi connectivity index (χ3n) is 9.17. The van der Waals surface area contributed by atoms with Crippen molar-refractivity contribution in [1.29, 1.82) is 0 Å². The Labute approximate surface area is 135 Å². The second kappa shape index (κ2) is 4.11. The third-order valence-corrected chi connectivity index (χ3v) is 9.17. The zero-order chi connectivity index (χ0) is 16.1. The van der Waals surface area contributed by atoms with Gasteiger partial charge >= 0.3 is 0 Å². The molecular weight excluding hydrogens is 272 g/mol. The highest BCUT2D eigenvalue weighted by atomic mass is 16.3. The first-order valence-corrected chi connectivity index (χ1v) is 9.50. The van der Waals surface area contributed by atoms with Crippen LogP contribution in [0.4, 0.5) is 0 Å². The van der Waals surface area contributed by atoms with E-state index in [1.54, 1.807) is 0 Å². The Kier molecular flexibility index (Phi) is 2.89. The van der Waals surface area contributed by atoms with Crippen molar-refractivity contribution in [2.24, 2.45) is 39.9 Å². The maximum Gasteiger partial charge on any atom is 0.0653 e. The zero-order valence-electron chi connectivity index (χ0n) is 15.0.